The highest BCUT2D eigenvalue weighted by molar-refractivity contribution is 5.88. The minimum absolute atomic E-state index is 0.0783. The Morgan fingerprint density at radius 1 is 0.661 bits per heavy atom. The maximum absolute atomic E-state index is 7.02. The molecule has 280 valence electrons. The van der Waals surface area contributed by atoms with Gasteiger partial charge in [-0.1, -0.05) is 197 Å². The Labute approximate surface area is 335 Å². The first kappa shape index (κ1) is 38.4. The van der Waals surface area contributed by atoms with E-state index in [0.717, 1.165) is 30.5 Å². The third kappa shape index (κ3) is 8.96. The van der Waals surface area contributed by atoms with Crippen molar-refractivity contribution in [3.8, 4) is 22.3 Å². The van der Waals surface area contributed by atoms with E-state index in [1.165, 1.54) is 98.9 Å². The van der Waals surface area contributed by atoms with Crippen LogP contribution in [-0.2, 0) is 18.3 Å². The predicted molar refractivity (Wildman–Crippen MR) is 242 cm³/mol. The molecule has 0 unspecified atom stereocenters. The molecule has 7 rings (SSSR count). The van der Waals surface area contributed by atoms with Crippen molar-refractivity contribution in [2.24, 2.45) is 5.73 Å². The first-order valence-electron chi connectivity index (χ1n) is 20.4. The molecule has 2 aliphatic carbocycles. The van der Waals surface area contributed by atoms with Crippen LogP contribution in [0.5, 0.6) is 0 Å². The predicted octanol–water partition coefficient (Wildman–Crippen LogP) is 14.3. The number of aryl methyl sites for hydroxylation is 2. The molecule has 5 aromatic rings. The van der Waals surface area contributed by atoms with Gasteiger partial charge in [-0.05, 0) is 123 Å². The highest BCUT2D eigenvalue weighted by Gasteiger charge is 2.35. The first-order chi connectivity index (χ1) is 27.4. The molecule has 2 aliphatic rings. The molecule has 0 heterocycles. The van der Waals surface area contributed by atoms with E-state index in [1.54, 1.807) is 6.08 Å². The molecule has 0 fully saturated rings. The highest BCUT2D eigenvalue weighted by Crippen LogP contribution is 2.49. The van der Waals surface area contributed by atoms with E-state index in [0.29, 0.717) is 0 Å². The molecule has 5 aromatic carbocycles. The van der Waals surface area contributed by atoms with Crippen molar-refractivity contribution in [2.75, 3.05) is 0 Å². The van der Waals surface area contributed by atoms with Crippen LogP contribution in [0.3, 0.4) is 0 Å². The Hall–Kier alpha value is -5.92. The zero-order valence-corrected chi connectivity index (χ0v) is 33.2. The summed E-state index contributed by atoms with van der Waals surface area (Å²) in [5.74, 6) is 0. The third-order valence-electron chi connectivity index (χ3n) is 11.5. The summed E-state index contributed by atoms with van der Waals surface area (Å²) >= 11 is 0. The van der Waals surface area contributed by atoms with E-state index < -0.39 is 0 Å². The summed E-state index contributed by atoms with van der Waals surface area (Å²) in [4.78, 5) is 0. The van der Waals surface area contributed by atoms with Gasteiger partial charge in [-0.3, -0.25) is 0 Å². The van der Waals surface area contributed by atoms with Gasteiger partial charge >= 0.3 is 0 Å². The molecular weight excluding hydrogens is 675 g/mol. The van der Waals surface area contributed by atoms with Crippen molar-refractivity contribution < 1.29 is 0 Å². The minimum atomic E-state index is -0.0783. The summed E-state index contributed by atoms with van der Waals surface area (Å²) in [6.45, 7) is 8.46. The lowest BCUT2D eigenvalue weighted by molar-refractivity contribution is 0.640. The molecule has 0 radical (unpaired) electrons. The van der Waals surface area contributed by atoms with Gasteiger partial charge in [0, 0.05) is 11.1 Å². The Kier molecular flexibility index (Phi) is 12.4. The van der Waals surface area contributed by atoms with Gasteiger partial charge in [-0.25, -0.2) is 0 Å². The Balaban J connectivity index is 1.14. The number of hydrogen-bond acceptors (Lipinski definition) is 1. The number of allylic oxidation sites excluding steroid dienone is 12. The number of benzene rings is 5. The molecule has 1 heteroatoms. The zero-order chi connectivity index (χ0) is 38.7. The molecule has 0 saturated heterocycles. The maximum atomic E-state index is 7.02. The van der Waals surface area contributed by atoms with Crippen molar-refractivity contribution in [3.05, 3.63) is 227 Å². The van der Waals surface area contributed by atoms with E-state index in [9.17, 15) is 0 Å². The van der Waals surface area contributed by atoms with Gasteiger partial charge < -0.3 is 5.73 Å². The van der Waals surface area contributed by atoms with E-state index >= 15 is 0 Å². The van der Waals surface area contributed by atoms with Crippen molar-refractivity contribution in [3.63, 3.8) is 0 Å². The van der Waals surface area contributed by atoms with Crippen LogP contribution >= 0.6 is 0 Å². The molecule has 2 N–H and O–H groups in total. The third-order valence-corrected chi connectivity index (χ3v) is 11.5. The van der Waals surface area contributed by atoms with Crippen LogP contribution in [-0.4, -0.2) is 0 Å². The van der Waals surface area contributed by atoms with Gasteiger partial charge in [0.1, 0.15) is 0 Å². The first-order valence-corrected chi connectivity index (χ1v) is 20.4. The fourth-order valence-electron chi connectivity index (χ4n) is 8.39. The maximum Gasteiger partial charge on any atom is 0.0390 e. The van der Waals surface area contributed by atoms with Crippen molar-refractivity contribution in [1.29, 1.82) is 0 Å². The molecular formula is C55H55N. The molecule has 0 atom stereocenters. The van der Waals surface area contributed by atoms with E-state index in [-0.39, 0.29) is 5.41 Å². The van der Waals surface area contributed by atoms with Crippen LogP contribution in [0.1, 0.15) is 85.8 Å². The Morgan fingerprint density at radius 3 is 2.16 bits per heavy atom. The summed E-state index contributed by atoms with van der Waals surface area (Å²) in [6.07, 6.45) is 28.2. The summed E-state index contributed by atoms with van der Waals surface area (Å²) in [6, 6.07) is 44.4. The van der Waals surface area contributed by atoms with Gasteiger partial charge in [0.2, 0.25) is 0 Å². The van der Waals surface area contributed by atoms with Gasteiger partial charge in [0.25, 0.3) is 0 Å². The van der Waals surface area contributed by atoms with Crippen LogP contribution in [0.2, 0.25) is 0 Å². The monoisotopic (exact) mass is 729 g/mol. The van der Waals surface area contributed by atoms with Crippen LogP contribution in [0, 0.1) is 0 Å². The number of fused-ring (bicyclic) bond motifs is 3. The Bertz CT molecular complexity index is 2350. The molecule has 56 heavy (non-hydrogen) atoms. The fraction of sp³-hybridized carbons (Fsp3) is 0.200. The van der Waals surface area contributed by atoms with Gasteiger partial charge in [0.15, 0.2) is 0 Å². The molecule has 0 spiro atoms. The fourth-order valence-corrected chi connectivity index (χ4v) is 8.39. The van der Waals surface area contributed by atoms with Gasteiger partial charge in [-0.2, -0.15) is 0 Å². The number of unbranched alkanes of at least 4 members (excludes halogenated alkanes) is 3. The standard InChI is InChI=1S/C55H55N/c1-4-5-6-7-15-27-44(40-54(56)47-35-36-51-50-33-18-19-34-52(50)55(2,3)53(51)39-47)43-28-21-30-46(38-43)49-32-17-16-31-48(49)45-29-20-26-42(37-45)25-12-9-8-11-22-41-23-13-10-14-24-41/h4-7,10,13-21,23-24,26,29-40H,1,8-9,11-12,22,25,27-28,56H2,2-3H3/b6-5-,15-7-,44-43+,54-40-. The molecule has 0 bridgehead atoms. The second kappa shape index (κ2) is 18.1. The largest absolute Gasteiger partial charge is 0.398 e. The second-order valence-electron chi connectivity index (χ2n) is 15.7. The molecule has 1 nitrogen and oxygen atoms in total. The van der Waals surface area contributed by atoms with Gasteiger partial charge in [0.05, 0.1) is 0 Å². The zero-order valence-electron chi connectivity index (χ0n) is 33.2. The SMILES string of the molecule is C=C/C=C\C=C/CC(/C=C(\N)c1ccc2c(c1)C(C)(C)c1ccccc1-2)=C1\C=C(c2ccccc2-c2cccc(CCCCCCc3ccccc3)c2)C=CC1. The summed E-state index contributed by atoms with van der Waals surface area (Å²) in [5.41, 5.74) is 24.5. The Morgan fingerprint density at radius 2 is 1.36 bits per heavy atom. The van der Waals surface area contributed by atoms with Crippen molar-refractivity contribution >= 4 is 11.3 Å². The number of rotatable bonds is 15. The van der Waals surface area contributed by atoms with Crippen molar-refractivity contribution in [1.82, 2.24) is 0 Å². The average Bonchev–Trinajstić information content (AvgIpc) is 3.47. The van der Waals surface area contributed by atoms with Gasteiger partial charge in [-0.15, -0.1) is 0 Å². The molecule has 0 aliphatic heterocycles. The van der Waals surface area contributed by atoms with Crippen molar-refractivity contribution in [2.45, 2.75) is 70.6 Å². The lowest BCUT2D eigenvalue weighted by atomic mass is 9.82. The lowest BCUT2D eigenvalue weighted by Crippen LogP contribution is -2.15. The second-order valence-corrected chi connectivity index (χ2v) is 15.7. The number of nitrogens with two attached hydrogens (primary N) is 1. The summed E-state index contributed by atoms with van der Waals surface area (Å²) in [7, 11) is 0. The topological polar surface area (TPSA) is 26.0 Å². The highest BCUT2D eigenvalue weighted by atomic mass is 14.6. The van der Waals surface area contributed by atoms with Crippen LogP contribution in [0.15, 0.2) is 194 Å². The average molecular weight is 730 g/mol. The number of hydrogen-bond donors (Lipinski definition) is 1. The lowest BCUT2D eigenvalue weighted by Gasteiger charge is -2.22. The minimum Gasteiger partial charge on any atom is -0.398 e. The molecule has 0 amide bonds. The summed E-state index contributed by atoms with van der Waals surface area (Å²) in [5, 5.41) is 0. The van der Waals surface area contributed by atoms with E-state index in [2.05, 4.69) is 178 Å². The van der Waals surface area contributed by atoms with E-state index in [4.69, 9.17) is 5.73 Å². The van der Waals surface area contributed by atoms with Crippen LogP contribution in [0.25, 0.3) is 33.5 Å². The quantitative estimate of drug-likeness (QED) is 0.0843. The van der Waals surface area contributed by atoms with Crippen LogP contribution in [0.4, 0.5) is 0 Å². The molecule has 0 aromatic heterocycles. The smallest absolute Gasteiger partial charge is 0.0390 e. The van der Waals surface area contributed by atoms with Crippen LogP contribution < -0.4 is 5.73 Å². The normalized spacial score (nSPS) is 15.5. The molecule has 0 saturated carbocycles. The van der Waals surface area contributed by atoms with E-state index in [1.807, 2.05) is 12.2 Å². The summed E-state index contributed by atoms with van der Waals surface area (Å²) < 4.78 is 0.